The Morgan fingerprint density at radius 2 is 2.00 bits per heavy atom. The average Bonchev–Trinajstić information content (AvgIpc) is 2.95. The van der Waals surface area contributed by atoms with Crippen LogP contribution in [0.25, 0.3) is 0 Å². The van der Waals surface area contributed by atoms with Crippen molar-refractivity contribution >= 4 is 39.3 Å². The number of carbonyl (C=O) groups excluding carboxylic acids is 1. The van der Waals surface area contributed by atoms with Gasteiger partial charge >= 0.3 is 0 Å². The Hall–Kier alpha value is -1.26. The second kappa shape index (κ2) is 6.88. The van der Waals surface area contributed by atoms with Crippen molar-refractivity contribution in [3.05, 3.63) is 57.6 Å². The molecule has 2 nitrogen and oxygen atoms in total. The number of halogens is 1. The molecule has 1 aliphatic carbocycles. The Bertz CT molecular complexity index is 714. The maximum Gasteiger partial charge on any atom is 0.234 e. The lowest BCUT2D eigenvalue weighted by Crippen LogP contribution is -2.14. The Balaban J connectivity index is 1.58. The highest BCUT2D eigenvalue weighted by Gasteiger charge is 2.12. The number of nitrogens with one attached hydrogen (secondary N) is 1. The summed E-state index contributed by atoms with van der Waals surface area (Å²) in [5.41, 5.74) is 4.91. The van der Waals surface area contributed by atoms with Crippen molar-refractivity contribution in [1.82, 2.24) is 0 Å². The van der Waals surface area contributed by atoms with Gasteiger partial charge in [0.25, 0.3) is 0 Å². The standard InChI is InChI=1S/C18H18BrNOS/c1-12-5-8-17(16(19)9-12)20-18(21)11-22-15-7-6-13-3-2-4-14(13)10-15/h5-10H,2-4,11H2,1H3,(H,20,21). The van der Waals surface area contributed by atoms with Crippen molar-refractivity contribution in [3.8, 4) is 0 Å². The van der Waals surface area contributed by atoms with Gasteiger partial charge in [-0.3, -0.25) is 4.79 Å². The molecule has 0 atom stereocenters. The maximum atomic E-state index is 12.1. The molecule has 0 heterocycles. The zero-order valence-electron chi connectivity index (χ0n) is 12.5. The number of rotatable bonds is 4. The van der Waals surface area contributed by atoms with E-state index in [1.807, 2.05) is 25.1 Å². The van der Waals surface area contributed by atoms with Crippen molar-refractivity contribution in [2.45, 2.75) is 31.1 Å². The van der Waals surface area contributed by atoms with Crippen molar-refractivity contribution in [3.63, 3.8) is 0 Å². The molecule has 0 aromatic heterocycles. The number of fused-ring (bicyclic) bond motifs is 1. The van der Waals surface area contributed by atoms with Crippen molar-refractivity contribution < 1.29 is 4.79 Å². The molecule has 3 rings (SSSR count). The minimum absolute atomic E-state index is 0.0232. The smallest absolute Gasteiger partial charge is 0.234 e. The van der Waals surface area contributed by atoms with E-state index in [1.165, 1.54) is 35.3 Å². The van der Waals surface area contributed by atoms with Crippen LogP contribution in [0.15, 0.2) is 45.8 Å². The summed E-state index contributed by atoms with van der Waals surface area (Å²) in [5, 5.41) is 2.95. The first kappa shape index (κ1) is 15.6. The molecule has 0 fully saturated rings. The van der Waals surface area contributed by atoms with Crippen LogP contribution in [0, 0.1) is 6.92 Å². The van der Waals surface area contributed by atoms with Crippen LogP contribution in [0.5, 0.6) is 0 Å². The average molecular weight is 376 g/mol. The summed E-state index contributed by atoms with van der Waals surface area (Å²) in [6, 6.07) is 12.5. The third-order valence-electron chi connectivity index (χ3n) is 3.84. The highest BCUT2D eigenvalue weighted by molar-refractivity contribution is 9.10. The highest BCUT2D eigenvalue weighted by atomic mass is 79.9. The first-order chi connectivity index (χ1) is 10.6. The third-order valence-corrected chi connectivity index (χ3v) is 5.49. The SMILES string of the molecule is Cc1ccc(NC(=O)CSc2ccc3c(c2)CCC3)c(Br)c1. The fraction of sp³-hybridized carbons (Fsp3) is 0.278. The second-order valence-corrected chi connectivity index (χ2v) is 7.51. The van der Waals surface area contributed by atoms with Gasteiger partial charge in [-0.15, -0.1) is 11.8 Å². The maximum absolute atomic E-state index is 12.1. The molecule has 22 heavy (non-hydrogen) atoms. The minimum Gasteiger partial charge on any atom is -0.324 e. The lowest BCUT2D eigenvalue weighted by molar-refractivity contribution is -0.113. The number of carbonyl (C=O) groups is 1. The summed E-state index contributed by atoms with van der Waals surface area (Å²) in [6.45, 7) is 2.03. The van der Waals surface area contributed by atoms with Crippen LogP contribution < -0.4 is 5.32 Å². The Labute approximate surface area is 143 Å². The van der Waals surface area contributed by atoms with Crippen molar-refractivity contribution in [2.24, 2.45) is 0 Å². The topological polar surface area (TPSA) is 29.1 Å². The number of hydrogen-bond donors (Lipinski definition) is 1. The van der Waals surface area contributed by atoms with Crippen LogP contribution in [-0.2, 0) is 17.6 Å². The van der Waals surface area contributed by atoms with E-state index in [-0.39, 0.29) is 5.91 Å². The van der Waals surface area contributed by atoms with E-state index in [0.717, 1.165) is 15.7 Å². The molecule has 2 aromatic rings. The summed E-state index contributed by atoms with van der Waals surface area (Å²) in [4.78, 5) is 13.3. The van der Waals surface area contributed by atoms with Crippen LogP contribution in [0.3, 0.4) is 0 Å². The van der Waals surface area contributed by atoms with Gasteiger partial charge in [0.05, 0.1) is 11.4 Å². The van der Waals surface area contributed by atoms with Gasteiger partial charge in [0.1, 0.15) is 0 Å². The predicted molar refractivity (Wildman–Crippen MR) is 96.7 cm³/mol. The Morgan fingerprint density at radius 3 is 2.82 bits per heavy atom. The first-order valence-corrected chi connectivity index (χ1v) is 9.20. The molecule has 0 saturated heterocycles. The van der Waals surface area contributed by atoms with Gasteiger partial charge < -0.3 is 5.32 Å². The van der Waals surface area contributed by atoms with E-state index >= 15 is 0 Å². The Kier molecular flexibility index (Phi) is 4.89. The number of amides is 1. The quantitative estimate of drug-likeness (QED) is 0.763. The molecule has 1 amide bonds. The van der Waals surface area contributed by atoms with Crippen LogP contribution in [0.1, 0.15) is 23.1 Å². The molecule has 0 unspecified atom stereocenters. The molecule has 0 spiro atoms. The lowest BCUT2D eigenvalue weighted by Gasteiger charge is -2.08. The molecule has 0 bridgehead atoms. The summed E-state index contributed by atoms with van der Waals surface area (Å²) >= 11 is 5.08. The molecule has 1 aliphatic rings. The summed E-state index contributed by atoms with van der Waals surface area (Å²) < 4.78 is 0.920. The van der Waals surface area contributed by atoms with Gasteiger partial charge in [-0.2, -0.15) is 0 Å². The molecule has 0 radical (unpaired) electrons. The second-order valence-electron chi connectivity index (χ2n) is 5.60. The summed E-state index contributed by atoms with van der Waals surface area (Å²) in [6.07, 6.45) is 3.62. The number of benzene rings is 2. The van der Waals surface area contributed by atoms with E-state index in [2.05, 4.69) is 39.4 Å². The normalized spacial score (nSPS) is 13.0. The molecule has 0 saturated carbocycles. The first-order valence-electron chi connectivity index (χ1n) is 7.42. The highest BCUT2D eigenvalue weighted by Crippen LogP contribution is 2.28. The van der Waals surface area contributed by atoms with E-state index in [1.54, 1.807) is 11.8 Å². The van der Waals surface area contributed by atoms with Gasteiger partial charge in [0, 0.05) is 9.37 Å². The predicted octanol–water partition coefficient (Wildman–Crippen LogP) is 4.98. The molecule has 2 aromatic carbocycles. The van der Waals surface area contributed by atoms with Crippen molar-refractivity contribution in [1.29, 1.82) is 0 Å². The number of aryl methyl sites for hydroxylation is 3. The minimum atomic E-state index is 0.0232. The number of thioether (sulfide) groups is 1. The van der Waals surface area contributed by atoms with E-state index in [0.29, 0.717) is 5.75 Å². The fourth-order valence-electron chi connectivity index (χ4n) is 2.69. The number of hydrogen-bond acceptors (Lipinski definition) is 2. The molecule has 0 aliphatic heterocycles. The molecular formula is C18H18BrNOS. The number of anilines is 1. The summed E-state index contributed by atoms with van der Waals surface area (Å²) in [7, 11) is 0. The Morgan fingerprint density at radius 1 is 1.18 bits per heavy atom. The monoisotopic (exact) mass is 375 g/mol. The zero-order valence-corrected chi connectivity index (χ0v) is 14.9. The molecule has 4 heteroatoms. The van der Waals surface area contributed by atoms with E-state index < -0.39 is 0 Å². The van der Waals surface area contributed by atoms with Crippen molar-refractivity contribution in [2.75, 3.05) is 11.1 Å². The van der Waals surface area contributed by atoms with Crippen LogP contribution in [0.4, 0.5) is 5.69 Å². The largest absolute Gasteiger partial charge is 0.324 e. The summed E-state index contributed by atoms with van der Waals surface area (Å²) in [5.74, 6) is 0.453. The van der Waals surface area contributed by atoms with Gasteiger partial charge in [-0.25, -0.2) is 0 Å². The van der Waals surface area contributed by atoms with Crippen LogP contribution >= 0.6 is 27.7 Å². The lowest BCUT2D eigenvalue weighted by atomic mass is 10.1. The zero-order chi connectivity index (χ0) is 15.5. The van der Waals surface area contributed by atoms with E-state index in [9.17, 15) is 4.79 Å². The van der Waals surface area contributed by atoms with Gasteiger partial charge in [-0.05, 0) is 83.1 Å². The van der Waals surface area contributed by atoms with Gasteiger partial charge in [-0.1, -0.05) is 12.1 Å². The van der Waals surface area contributed by atoms with E-state index in [4.69, 9.17) is 0 Å². The molecule has 114 valence electrons. The van der Waals surface area contributed by atoms with Crippen LogP contribution in [0.2, 0.25) is 0 Å². The van der Waals surface area contributed by atoms with Gasteiger partial charge in [0.2, 0.25) is 5.91 Å². The third kappa shape index (κ3) is 3.73. The van der Waals surface area contributed by atoms with Crippen LogP contribution in [-0.4, -0.2) is 11.7 Å². The molecule has 1 N–H and O–H groups in total. The van der Waals surface area contributed by atoms with Gasteiger partial charge in [0.15, 0.2) is 0 Å². The fourth-order valence-corrected chi connectivity index (χ4v) is 4.05. The molecular weight excluding hydrogens is 358 g/mol.